The van der Waals surface area contributed by atoms with E-state index in [1.165, 1.54) is 21.0 Å². The lowest BCUT2D eigenvalue weighted by Gasteiger charge is -2.33. The molecule has 14 heteroatoms. The number of piperidine rings is 1. The fourth-order valence-electron chi connectivity index (χ4n) is 7.01. The predicted molar refractivity (Wildman–Crippen MR) is 170 cm³/mol. The molecule has 48 heavy (non-hydrogen) atoms. The Morgan fingerprint density at radius 2 is 1.79 bits per heavy atom. The highest BCUT2D eigenvalue weighted by Gasteiger charge is 2.40. The maximum atomic E-state index is 14.0. The largest absolute Gasteiger partial charge is 0.431 e. The quantitative estimate of drug-likeness (QED) is 0.392. The van der Waals surface area contributed by atoms with Crippen molar-refractivity contribution in [3.8, 4) is 0 Å². The molecule has 0 aliphatic carbocycles. The highest BCUT2D eigenvalue weighted by atomic mass is 19.4. The summed E-state index contributed by atoms with van der Waals surface area (Å²) in [4.78, 5) is 40.4. The summed E-state index contributed by atoms with van der Waals surface area (Å²) in [5.41, 5.74) is 1.53. The van der Waals surface area contributed by atoms with Crippen LogP contribution in [0.15, 0.2) is 60.5 Å². The molecule has 11 nitrogen and oxygen atoms in total. The lowest BCUT2D eigenvalue weighted by atomic mass is 9.94. The van der Waals surface area contributed by atoms with Crippen LogP contribution in [0.4, 0.5) is 23.7 Å². The molecule has 2 fully saturated rings. The number of amides is 4. The standard InChI is InChI=1S/C34H36F3N7O4/c1-33(2,48)26-17-27-23(16-28(26)41-11-4-3-5-29(41)34(35,36)37)19-42(39-27)24-8-12-40(13-9-24)18-21-6-7-25-22(15-21)20-44(31(25)46)43-14-10-30(45)38-32(43)47/h3-7,15-17,19,24,48H,8-14,18,20H2,1-2H3,(H,38,45,47). The maximum absolute atomic E-state index is 14.0. The van der Waals surface area contributed by atoms with Gasteiger partial charge in [-0.05, 0) is 62.1 Å². The number of carbonyl (C=O) groups is 3. The van der Waals surface area contributed by atoms with Crippen LogP contribution in [-0.2, 0) is 23.5 Å². The number of halogens is 3. The lowest BCUT2D eigenvalue weighted by molar-refractivity contribution is -0.123. The third kappa shape index (κ3) is 5.94. The molecule has 2 saturated heterocycles. The minimum absolute atomic E-state index is 0.0308. The highest BCUT2D eigenvalue weighted by Crippen LogP contribution is 2.41. The van der Waals surface area contributed by atoms with Crippen LogP contribution < -0.4 is 10.2 Å². The molecule has 0 unspecified atom stereocenters. The molecule has 3 aromatic rings. The number of allylic oxidation sites excluding steroid dienone is 3. The van der Waals surface area contributed by atoms with E-state index >= 15 is 0 Å². The highest BCUT2D eigenvalue weighted by molar-refractivity contribution is 6.02. The minimum atomic E-state index is -4.56. The van der Waals surface area contributed by atoms with E-state index in [-0.39, 0.29) is 43.9 Å². The Bertz CT molecular complexity index is 1870. The number of likely N-dealkylation sites (tertiary alicyclic amines) is 1. The molecule has 5 heterocycles. The van der Waals surface area contributed by atoms with Crippen LogP contribution in [0.25, 0.3) is 10.9 Å². The number of hydrazine groups is 1. The number of nitrogens with one attached hydrogen (secondary N) is 1. The van der Waals surface area contributed by atoms with Gasteiger partial charge in [-0.2, -0.15) is 18.3 Å². The number of alkyl halides is 3. The molecule has 0 atom stereocenters. The van der Waals surface area contributed by atoms with Gasteiger partial charge in [0.05, 0.1) is 30.2 Å². The third-order valence-electron chi connectivity index (χ3n) is 9.46. The SMILES string of the molecule is CC(C)(O)c1cc2nn(C3CCN(Cc4ccc5c(c4)CN(N4CCC(=O)NC4=O)C5=O)CC3)cc2cc1N1CC=CC=C1C(F)(F)F. The van der Waals surface area contributed by atoms with Gasteiger partial charge in [0.25, 0.3) is 5.91 Å². The summed E-state index contributed by atoms with van der Waals surface area (Å²) in [6.45, 7) is 5.85. The second kappa shape index (κ2) is 11.8. The van der Waals surface area contributed by atoms with Crippen LogP contribution in [-0.4, -0.2) is 80.0 Å². The number of carbonyl (C=O) groups excluding carboxylic acids is 3. The number of urea groups is 1. The maximum Gasteiger partial charge on any atom is 0.431 e. The van der Waals surface area contributed by atoms with E-state index in [4.69, 9.17) is 5.10 Å². The van der Waals surface area contributed by atoms with Crippen LogP contribution in [0, 0.1) is 0 Å². The van der Waals surface area contributed by atoms with E-state index in [1.54, 1.807) is 38.1 Å². The molecule has 1 aromatic heterocycles. The molecule has 2 N–H and O–H groups in total. The average Bonchev–Trinajstić information content (AvgIpc) is 3.60. The molecule has 4 aliphatic heterocycles. The van der Waals surface area contributed by atoms with E-state index in [1.807, 2.05) is 23.0 Å². The van der Waals surface area contributed by atoms with Gasteiger partial charge in [-0.3, -0.25) is 24.5 Å². The molecule has 0 spiro atoms. The first kappa shape index (κ1) is 31.9. The van der Waals surface area contributed by atoms with Gasteiger partial charge < -0.3 is 10.0 Å². The summed E-state index contributed by atoms with van der Waals surface area (Å²) >= 11 is 0. The zero-order chi connectivity index (χ0) is 34.0. The predicted octanol–water partition coefficient (Wildman–Crippen LogP) is 4.74. The number of anilines is 1. The van der Waals surface area contributed by atoms with E-state index < -0.39 is 23.5 Å². The lowest BCUT2D eigenvalue weighted by Crippen LogP contribution is -2.56. The summed E-state index contributed by atoms with van der Waals surface area (Å²) in [5.74, 6) is -0.618. The smallest absolute Gasteiger partial charge is 0.386 e. The van der Waals surface area contributed by atoms with Crippen molar-refractivity contribution < 1.29 is 32.7 Å². The molecule has 2 aromatic carbocycles. The van der Waals surface area contributed by atoms with Gasteiger partial charge in [0.2, 0.25) is 5.91 Å². The molecular weight excluding hydrogens is 627 g/mol. The van der Waals surface area contributed by atoms with Crippen molar-refractivity contribution in [2.24, 2.45) is 0 Å². The molecule has 0 radical (unpaired) electrons. The normalized spacial score (nSPS) is 19.8. The second-order valence-corrected chi connectivity index (χ2v) is 13.3. The van der Waals surface area contributed by atoms with E-state index in [2.05, 4.69) is 10.2 Å². The summed E-state index contributed by atoms with van der Waals surface area (Å²) in [5, 5.41) is 21.4. The Kier molecular flexibility index (Phi) is 7.82. The zero-order valence-corrected chi connectivity index (χ0v) is 26.6. The average molecular weight is 664 g/mol. The van der Waals surface area contributed by atoms with E-state index in [0.29, 0.717) is 34.3 Å². The number of aliphatic hydroxyl groups is 1. The molecule has 7 rings (SSSR count). The van der Waals surface area contributed by atoms with Crippen LogP contribution in [0.3, 0.4) is 0 Å². The van der Waals surface area contributed by atoms with Gasteiger partial charge in [-0.1, -0.05) is 24.3 Å². The van der Waals surface area contributed by atoms with Crippen LogP contribution in [0.2, 0.25) is 0 Å². The van der Waals surface area contributed by atoms with Crippen LogP contribution in [0.5, 0.6) is 0 Å². The fourth-order valence-corrected chi connectivity index (χ4v) is 7.01. The first-order valence-electron chi connectivity index (χ1n) is 16.0. The Morgan fingerprint density at radius 3 is 2.50 bits per heavy atom. The zero-order valence-electron chi connectivity index (χ0n) is 26.6. The van der Waals surface area contributed by atoms with Crippen molar-refractivity contribution in [3.05, 3.63) is 82.7 Å². The van der Waals surface area contributed by atoms with Crippen molar-refractivity contribution in [2.45, 2.75) is 64.0 Å². The first-order chi connectivity index (χ1) is 22.8. The van der Waals surface area contributed by atoms with Crippen molar-refractivity contribution in [2.75, 3.05) is 31.1 Å². The molecule has 4 amide bonds. The number of imide groups is 1. The second-order valence-electron chi connectivity index (χ2n) is 13.3. The van der Waals surface area contributed by atoms with Gasteiger partial charge >= 0.3 is 12.2 Å². The van der Waals surface area contributed by atoms with Gasteiger partial charge in [0.1, 0.15) is 5.70 Å². The Labute approximate surface area is 274 Å². The molecule has 4 aliphatic rings. The Hall–Kier alpha value is -4.69. The van der Waals surface area contributed by atoms with E-state index in [9.17, 15) is 32.7 Å². The first-order valence-corrected chi connectivity index (χ1v) is 16.0. The summed E-state index contributed by atoms with van der Waals surface area (Å²) in [6.07, 6.45) is 3.20. The van der Waals surface area contributed by atoms with Crippen molar-refractivity contribution in [1.82, 2.24) is 30.0 Å². The minimum Gasteiger partial charge on any atom is -0.386 e. The van der Waals surface area contributed by atoms with Crippen LogP contribution in [0.1, 0.15) is 66.2 Å². The van der Waals surface area contributed by atoms with Crippen molar-refractivity contribution in [3.63, 3.8) is 0 Å². The number of fused-ring (bicyclic) bond motifs is 2. The molecule has 0 saturated carbocycles. The van der Waals surface area contributed by atoms with E-state index in [0.717, 1.165) is 43.1 Å². The third-order valence-corrected chi connectivity index (χ3v) is 9.46. The van der Waals surface area contributed by atoms with Crippen molar-refractivity contribution in [1.29, 1.82) is 0 Å². The number of hydrogen-bond donors (Lipinski definition) is 2. The monoisotopic (exact) mass is 663 g/mol. The number of benzene rings is 2. The van der Waals surface area contributed by atoms with Gasteiger partial charge in [-0.15, -0.1) is 0 Å². The number of aromatic nitrogens is 2. The summed E-state index contributed by atoms with van der Waals surface area (Å²) < 4.78 is 43.8. The number of nitrogens with zero attached hydrogens (tertiary/aromatic N) is 6. The fraction of sp³-hybridized carbons (Fsp3) is 0.412. The number of hydrogen-bond acceptors (Lipinski definition) is 7. The topological polar surface area (TPSA) is 114 Å². The van der Waals surface area contributed by atoms with Crippen molar-refractivity contribution >= 4 is 34.4 Å². The Morgan fingerprint density at radius 1 is 1.02 bits per heavy atom. The molecular formula is C34H36F3N7O4. The van der Waals surface area contributed by atoms with Gasteiger partial charge in [-0.25, -0.2) is 14.8 Å². The molecule has 0 bridgehead atoms. The van der Waals surface area contributed by atoms with Gasteiger partial charge in [0, 0.05) is 61.0 Å². The van der Waals surface area contributed by atoms with Gasteiger partial charge in [0.15, 0.2) is 0 Å². The summed E-state index contributed by atoms with van der Waals surface area (Å²) in [6, 6.07) is 8.62. The Balaban J connectivity index is 1.04. The summed E-state index contributed by atoms with van der Waals surface area (Å²) in [7, 11) is 0. The van der Waals surface area contributed by atoms with Crippen LogP contribution >= 0.6 is 0 Å². The number of rotatable bonds is 6. The molecule has 252 valence electrons.